The molecule has 1 N–H and O–H groups in total. The number of benzene rings is 1. The van der Waals surface area contributed by atoms with Crippen molar-refractivity contribution in [3.63, 3.8) is 0 Å². The smallest absolute Gasteiger partial charge is 0.346 e. The molecule has 0 fully saturated rings. The van der Waals surface area contributed by atoms with Crippen LogP contribution in [0.3, 0.4) is 0 Å². The highest BCUT2D eigenvalue weighted by Gasteiger charge is 2.23. The maximum Gasteiger partial charge on any atom is 0.346 e. The van der Waals surface area contributed by atoms with Crippen molar-refractivity contribution >= 4 is 33.3 Å². The first-order chi connectivity index (χ1) is 11.9. The molecule has 0 saturated carbocycles. The van der Waals surface area contributed by atoms with Crippen molar-refractivity contribution in [2.75, 3.05) is 4.90 Å². The van der Waals surface area contributed by atoms with Crippen LogP contribution in [0.2, 0.25) is 0 Å². The van der Waals surface area contributed by atoms with Gasteiger partial charge in [-0.3, -0.25) is 0 Å². The number of hydrogen-bond donors (Lipinski definition) is 1. The molecule has 0 spiro atoms. The first-order valence-electron chi connectivity index (χ1n) is 8.20. The zero-order valence-corrected chi connectivity index (χ0v) is 15.6. The second-order valence-corrected chi connectivity index (χ2v) is 7.34. The summed E-state index contributed by atoms with van der Waals surface area (Å²) in [6, 6.07) is 10.4. The Hall–Kier alpha value is -2.47. The van der Waals surface area contributed by atoms with Crippen LogP contribution in [-0.4, -0.2) is 27.1 Å². The molecule has 25 heavy (non-hydrogen) atoms. The Morgan fingerprint density at radius 2 is 1.88 bits per heavy atom. The lowest BCUT2D eigenvalue weighted by Gasteiger charge is -2.29. The normalized spacial score (nSPS) is 11.2. The molecule has 0 aliphatic carbocycles. The number of carboxylic acids is 1. The Kier molecular flexibility index (Phi) is 4.72. The molecule has 0 atom stereocenters. The zero-order valence-electron chi connectivity index (χ0n) is 14.8. The van der Waals surface area contributed by atoms with Gasteiger partial charge in [0.25, 0.3) is 0 Å². The average molecular weight is 355 g/mol. The van der Waals surface area contributed by atoms with Crippen LogP contribution in [0.4, 0.5) is 5.82 Å². The molecule has 0 unspecified atom stereocenters. The van der Waals surface area contributed by atoms with Gasteiger partial charge in [0.1, 0.15) is 21.3 Å². The van der Waals surface area contributed by atoms with Crippen molar-refractivity contribution in [1.29, 1.82) is 0 Å². The minimum atomic E-state index is -0.914. The van der Waals surface area contributed by atoms with Crippen molar-refractivity contribution in [1.82, 2.24) is 9.97 Å². The summed E-state index contributed by atoms with van der Waals surface area (Å²) in [7, 11) is 0. The van der Waals surface area contributed by atoms with E-state index in [1.54, 1.807) is 0 Å². The molecule has 3 aromatic rings. The fraction of sp³-hybridized carbons (Fsp3) is 0.316. The minimum Gasteiger partial charge on any atom is -0.477 e. The number of hydrogen-bond acceptors (Lipinski definition) is 5. The van der Waals surface area contributed by atoms with E-state index < -0.39 is 5.97 Å². The van der Waals surface area contributed by atoms with Gasteiger partial charge in [0.05, 0.1) is 5.39 Å². The summed E-state index contributed by atoms with van der Waals surface area (Å²) >= 11 is 1.22. The lowest BCUT2D eigenvalue weighted by Crippen LogP contribution is -2.31. The van der Waals surface area contributed by atoms with Crippen LogP contribution in [0.1, 0.15) is 40.5 Å². The van der Waals surface area contributed by atoms with Crippen molar-refractivity contribution in [3.05, 3.63) is 52.2 Å². The number of aromatic nitrogens is 2. The van der Waals surface area contributed by atoms with Crippen LogP contribution in [0, 0.1) is 13.8 Å². The van der Waals surface area contributed by atoms with Crippen LogP contribution >= 0.6 is 11.3 Å². The molecule has 5 nitrogen and oxygen atoms in total. The number of aryl methyl sites for hydroxylation is 2. The zero-order chi connectivity index (χ0) is 18.1. The highest BCUT2D eigenvalue weighted by atomic mass is 32.1. The number of carboxylic acid groups (broad SMARTS) is 1. The van der Waals surface area contributed by atoms with E-state index in [4.69, 9.17) is 0 Å². The predicted molar refractivity (Wildman–Crippen MR) is 102 cm³/mol. The summed E-state index contributed by atoms with van der Waals surface area (Å²) in [5.41, 5.74) is 1.92. The fourth-order valence-electron chi connectivity index (χ4n) is 2.92. The van der Waals surface area contributed by atoms with E-state index in [9.17, 15) is 9.90 Å². The van der Waals surface area contributed by atoms with Crippen LogP contribution in [0.5, 0.6) is 0 Å². The summed E-state index contributed by atoms with van der Waals surface area (Å²) < 4.78 is 0. The summed E-state index contributed by atoms with van der Waals surface area (Å²) in [6.07, 6.45) is 0. The molecule has 0 amide bonds. The van der Waals surface area contributed by atoms with Gasteiger partial charge in [-0.25, -0.2) is 14.8 Å². The number of carbonyl (C=O) groups is 1. The monoisotopic (exact) mass is 355 g/mol. The molecule has 2 aromatic heterocycles. The SMILES string of the molecule is Cc1nc(N(Cc2ccccc2)C(C)C)c2c(C)c(C(=O)O)sc2n1. The van der Waals surface area contributed by atoms with Crippen LogP contribution < -0.4 is 4.90 Å². The third-order valence-electron chi connectivity index (χ3n) is 4.17. The Bertz CT molecular complexity index is 919. The summed E-state index contributed by atoms with van der Waals surface area (Å²) in [5, 5.41) is 10.3. The molecule has 0 aliphatic heterocycles. The van der Waals surface area contributed by atoms with Gasteiger partial charge in [-0.1, -0.05) is 30.3 Å². The van der Waals surface area contributed by atoms with Gasteiger partial charge in [-0.15, -0.1) is 11.3 Å². The highest BCUT2D eigenvalue weighted by molar-refractivity contribution is 7.20. The summed E-state index contributed by atoms with van der Waals surface area (Å²) in [6.45, 7) is 8.63. The van der Waals surface area contributed by atoms with Crippen LogP contribution in [-0.2, 0) is 6.54 Å². The van der Waals surface area contributed by atoms with E-state index >= 15 is 0 Å². The molecule has 0 radical (unpaired) electrons. The summed E-state index contributed by atoms with van der Waals surface area (Å²) in [5.74, 6) is 0.547. The van der Waals surface area contributed by atoms with Gasteiger partial charge in [0.15, 0.2) is 0 Å². The molecule has 2 heterocycles. The summed E-state index contributed by atoms with van der Waals surface area (Å²) in [4.78, 5) is 24.0. The maximum absolute atomic E-state index is 11.5. The Labute approximate surface area is 151 Å². The van der Waals surface area contributed by atoms with Crippen molar-refractivity contribution < 1.29 is 9.90 Å². The van der Waals surface area contributed by atoms with E-state index in [0.717, 1.165) is 21.6 Å². The van der Waals surface area contributed by atoms with Crippen molar-refractivity contribution in [2.24, 2.45) is 0 Å². The number of thiophene rings is 1. The third-order valence-corrected chi connectivity index (χ3v) is 5.34. The Morgan fingerprint density at radius 1 is 1.20 bits per heavy atom. The first kappa shape index (κ1) is 17.4. The number of rotatable bonds is 5. The topological polar surface area (TPSA) is 66.3 Å². The number of aromatic carboxylic acids is 1. The van der Waals surface area contributed by atoms with E-state index in [2.05, 4.69) is 40.8 Å². The van der Waals surface area contributed by atoms with Gasteiger partial charge < -0.3 is 10.0 Å². The van der Waals surface area contributed by atoms with Crippen LogP contribution in [0.15, 0.2) is 30.3 Å². The van der Waals surface area contributed by atoms with Crippen molar-refractivity contribution in [3.8, 4) is 0 Å². The van der Waals surface area contributed by atoms with E-state index in [-0.39, 0.29) is 6.04 Å². The number of anilines is 1. The molecule has 0 bridgehead atoms. The maximum atomic E-state index is 11.5. The quantitative estimate of drug-likeness (QED) is 0.734. The lowest BCUT2D eigenvalue weighted by molar-refractivity contribution is 0.0701. The predicted octanol–water partition coefficient (Wildman–Crippen LogP) is 4.42. The van der Waals surface area contributed by atoms with Gasteiger partial charge in [0, 0.05) is 12.6 Å². The lowest BCUT2D eigenvalue weighted by atomic mass is 10.1. The molecule has 3 rings (SSSR count). The van der Waals surface area contributed by atoms with E-state index in [1.165, 1.54) is 16.9 Å². The highest BCUT2D eigenvalue weighted by Crippen LogP contribution is 2.36. The molecule has 0 aliphatic rings. The molecular weight excluding hydrogens is 334 g/mol. The number of nitrogens with zero attached hydrogens (tertiary/aromatic N) is 3. The van der Waals surface area contributed by atoms with Gasteiger partial charge >= 0.3 is 5.97 Å². The minimum absolute atomic E-state index is 0.213. The van der Waals surface area contributed by atoms with Crippen LogP contribution in [0.25, 0.3) is 10.2 Å². The van der Waals surface area contributed by atoms with Crippen molar-refractivity contribution in [2.45, 2.75) is 40.3 Å². The average Bonchev–Trinajstić information content (AvgIpc) is 2.89. The largest absolute Gasteiger partial charge is 0.477 e. The third kappa shape index (κ3) is 3.35. The Morgan fingerprint density at radius 3 is 2.48 bits per heavy atom. The van der Waals surface area contributed by atoms with Gasteiger partial charge in [-0.2, -0.15) is 0 Å². The molecule has 6 heteroatoms. The molecular formula is C19H21N3O2S. The second-order valence-electron chi connectivity index (χ2n) is 6.34. The van der Waals surface area contributed by atoms with Gasteiger partial charge in [-0.05, 0) is 38.8 Å². The molecule has 1 aromatic carbocycles. The van der Waals surface area contributed by atoms with E-state index in [1.807, 2.05) is 32.0 Å². The molecule has 130 valence electrons. The van der Waals surface area contributed by atoms with Gasteiger partial charge in [0.2, 0.25) is 0 Å². The van der Waals surface area contributed by atoms with E-state index in [0.29, 0.717) is 17.2 Å². The fourth-order valence-corrected chi connectivity index (χ4v) is 3.98. The second kappa shape index (κ2) is 6.80. The number of fused-ring (bicyclic) bond motifs is 1. The first-order valence-corrected chi connectivity index (χ1v) is 9.01. The standard InChI is InChI=1S/C19H21N3O2S/c1-11(2)22(10-14-8-6-5-7-9-14)17-15-12(3)16(19(23)24)25-18(15)21-13(4)20-17/h5-9,11H,10H2,1-4H3,(H,23,24). The molecule has 0 saturated heterocycles. The Balaban J connectivity index is 2.18.